The van der Waals surface area contributed by atoms with E-state index in [1.807, 2.05) is 6.07 Å². The third-order valence-electron chi connectivity index (χ3n) is 4.26. The molecule has 1 atom stereocenters. The topological polar surface area (TPSA) is 56.8 Å². The molecule has 28 heavy (non-hydrogen) atoms. The van der Waals surface area contributed by atoms with E-state index in [9.17, 15) is 18.0 Å². The van der Waals surface area contributed by atoms with Crippen LogP contribution in [0.3, 0.4) is 0 Å². The van der Waals surface area contributed by atoms with Gasteiger partial charge in [0.2, 0.25) is 5.91 Å². The second kappa shape index (κ2) is 8.52. The summed E-state index contributed by atoms with van der Waals surface area (Å²) in [6.45, 7) is 0.736. The second-order valence-corrected chi connectivity index (χ2v) is 6.39. The minimum atomic E-state index is -4.73. The minimum Gasteiger partial charge on any atom is -0.488 e. The highest BCUT2D eigenvalue weighted by Crippen LogP contribution is 2.34. The number of carbonyl (C=O) groups excluding carboxylic acids is 1. The van der Waals surface area contributed by atoms with Crippen molar-refractivity contribution in [1.82, 2.24) is 5.32 Å². The monoisotopic (exact) mass is 395 g/mol. The van der Waals surface area contributed by atoms with Gasteiger partial charge in [-0.05, 0) is 41.0 Å². The molecule has 5 nitrogen and oxygen atoms in total. The molecule has 150 valence electrons. The molecule has 1 amide bonds. The summed E-state index contributed by atoms with van der Waals surface area (Å²) in [6, 6.07) is 11.3. The Bertz CT molecular complexity index is 838. The number of hydrogen-bond acceptors (Lipinski definition) is 4. The van der Waals surface area contributed by atoms with Gasteiger partial charge in [-0.25, -0.2) is 0 Å². The smallest absolute Gasteiger partial charge is 0.488 e. The number of benzene rings is 2. The van der Waals surface area contributed by atoms with Gasteiger partial charge in [-0.2, -0.15) is 0 Å². The van der Waals surface area contributed by atoms with E-state index in [1.54, 1.807) is 18.2 Å². The largest absolute Gasteiger partial charge is 0.573 e. The van der Waals surface area contributed by atoms with Gasteiger partial charge in [-0.15, -0.1) is 13.2 Å². The molecule has 2 aromatic rings. The lowest BCUT2D eigenvalue weighted by atomic mass is 10.0. The van der Waals surface area contributed by atoms with E-state index in [2.05, 4.69) is 10.1 Å². The molecule has 3 rings (SSSR count). The van der Waals surface area contributed by atoms with Crippen molar-refractivity contribution in [2.45, 2.75) is 25.3 Å². The van der Waals surface area contributed by atoms with Gasteiger partial charge in [0.1, 0.15) is 17.6 Å². The lowest BCUT2D eigenvalue weighted by Crippen LogP contribution is -2.34. The SMILES string of the molecule is COCCC(=O)NCC1Cc2cc(-c3cccc(OC(F)(F)F)c3)ccc2O1. The van der Waals surface area contributed by atoms with E-state index in [1.165, 1.54) is 25.3 Å². The second-order valence-electron chi connectivity index (χ2n) is 6.39. The quantitative estimate of drug-likeness (QED) is 0.777. The van der Waals surface area contributed by atoms with Gasteiger partial charge >= 0.3 is 6.36 Å². The maximum Gasteiger partial charge on any atom is 0.573 e. The number of carbonyl (C=O) groups is 1. The number of methoxy groups -OCH3 is 1. The molecule has 0 saturated carbocycles. The number of halogens is 3. The van der Waals surface area contributed by atoms with E-state index in [4.69, 9.17) is 9.47 Å². The fraction of sp³-hybridized carbons (Fsp3) is 0.350. The first-order valence-corrected chi connectivity index (χ1v) is 8.75. The number of nitrogens with one attached hydrogen (secondary N) is 1. The summed E-state index contributed by atoms with van der Waals surface area (Å²) in [5.41, 5.74) is 2.32. The lowest BCUT2D eigenvalue weighted by molar-refractivity contribution is -0.274. The number of ether oxygens (including phenoxy) is 3. The summed E-state index contributed by atoms with van der Waals surface area (Å²) < 4.78 is 51.9. The number of fused-ring (bicyclic) bond motifs is 1. The fourth-order valence-electron chi connectivity index (χ4n) is 3.00. The molecule has 1 N–H and O–H groups in total. The van der Waals surface area contributed by atoms with E-state index >= 15 is 0 Å². The first kappa shape index (κ1) is 20.0. The molecule has 0 bridgehead atoms. The van der Waals surface area contributed by atoms with Gasteiger partial charge in [0, 0.05) is 20.0 Å². The van der Waals surface area contributed by atoms with Crippen LogP contribution in [0.4, 0.5) is 13.2 Å². The minimum absolute atomic E-state index is 0.108. The molecule has 1 heterocycles. The summed E-state index contributed by atoms with van der Waals surface area (Å²) >= 11 is 0. The Hall–Kier alpha value is -2.74. The molecule has 0 fully saturated rings. The number of alkyl halides is 3. The van der Waals surface area contributed by atoms with Gasteiger partial charge in [-0.3, -0.25) is 4.79 Å². The maximum atomic E-state index is 12.4. The van der Waals surface area contributed by atoms with Crippen LogP contribution in [0, 0.1) is 0 Å². The Kier molecular flexibility index (Phi) is 6.08. The molecule has 0 saturated heterocycles. The number of amides is 1. The van der Waals surface area contributed by atoms with E-state index in [0.717, 1.165) is 11.1 Å². The highest BCUT2D eigenvalue weighted by atomic mass is 19.4. The van der Waals surface area contributed by atoms with Crippen LogP contribution in [0.25, 0.3) is 11.1 Å². The molecule has 1 unspecified atom stereocenters. The van der Waals surface area contributed by atoms with E-state index < -0.39 is 6.36 Å². The zero-order valence-corrected chi connectivity index (χ0v) is 15.2. The highest BCUT2D eigenvalue weighted by molar-refractivity contribution is 5.76. The Morgan fingerprint density at radius 2 is 2.00 bits per heavy atom. The summed E-state index contributed by atoms with van der Waals surface area (Å²) in [7, 11) is 1.53. The van der Waals surface area contributed by atoms with Crippen molar-refractivity contribution < 1.29 is 32.2 Å². The Balaban J connectivity index is 1.65. The summed E-state index contributed by atoms with van der Waals surface area (Å²) in [5, 5.41) is 2.80. The summed E-state index contributed by atoms with van der Waals surface area (Å²) in [6.07, 6.45) is -4.02. The Labute approximate surface area is 160 Å². The lowest BCUT2D eigenvalue weighted by Gasteiger charge is -2.11. The van der Waals surface area contributed by atoms with Crippen molar-refractivity contribution in [1.29, 1.82) is 0 Å². The third kappa shape index (κ3) is 5.39. The molecule has 0 radical (unpaired) electrons. The van der Waals surface area contributed by atoms with E-state index in [0.29, 0.717) is 30.9 Å². The normalized spacial score (nSPS) is 15.6. The van der Waals surface area contributed by atoms with Crippen LogP contribution in [0.15, 0.2) is 42.5 Å². The van der Waals surface area contributed by atoms with Crippen molar-refractivity contribution in [3.8, 4) is 22.6 Å². The van der Waals surface area contributed by atoms with Gasteiger partial charge in [-0.1, -0.05) is 18.2 Å². The molecular formula is C20H20F3NO4. The average Bonchev–Trinajstić information content (AvgIpc) is 3.05. The van der Waals surface area contributed by atoms with Crippen LogP contribution in [-0.4, -0.2) is 38.6 Å². The van der Waals surface area contributed by atoms with Gasteiger partial charge in [0.05, 0.1) is 13.2 Å². The van der Waals surface area contributed by atoms with Crippen LogP contribution in [-0.2, 0) is 16.0 Å². The third-order valence-corrected chi connectivity index (χ3v) is 4.26. The number of hydrogen-bond donors (Lipinski definition) is 1. The van der Waals surface area contributed by atoms with Crippen LogP contribution < -0.4 is 14.8 Å². The molecule has 0 aromatic heterocycles. The summed E-state index contributed by atoms with van der Waals surface area (Å²) in [5.74, 6) is 0.338. The zero-order chi connectivity index (χ0) is 20.1. The van der Waals surface area contributed by atoms with Crippen molar-refractivity contribution in [2.75, 3.05) is 20.3 Å². The number of rotatable bonds is 7. The fourth-order valence-corrected chi connectivity index (χ4v) is 3.00. The van der Waals surface area contributed by atoms with Crippen LogP contribution in [0.1, 0.15) is 12.0 Å². The maximum absolute atomic E-state index is 12.4. The average molecular weight is 395 g/mol. The van der Waals surface area contributed by atoms with Crippen molar-refractivity contribution in [3.63, 3.8) is 0 Å². The molecular weight excluding hydrogens is 375 g/mol. The molecule has 1 aliphatic rings. The van der Waals surface area contributed by atoms with Crippen molar-refractivity contribution in [2.24, 2.45) is 0 Å². The van der Waals surface area contributed by atoms with E-state index in [-0.39, 0.29) is 24.2 Å². The summed E-state index contributed by atoms with van der Waals surface area (Å²) in [4.78, 5) is 11.7. The predicted molar refractivity (Wildman–Crippen MR) is 96.2 cm³/mol. The predicted octanol–water partition coefficient (Wildman–Crippen LogP) is 3.71. The molecule has 2 aromatic carbocycles. The van der Waals surface area contributed by atoms with Crippen LogP contribution in [0.2, 0.25) is 0 Å². The molecule has 8 heteroatoms. The standard InChI is InChI=1S/C20H20F3NO4/c1-26-8-7-19(25)24-12-17-11-15-9-14(5-6-18(15)27-17)13-3-2-4-16(10-13)28-20(21,22)23/h2-6,9-10,17H,7-8,11-12H2,1H3,(H,24,25). The first-order valence-electron chi connectivity index (χ1n) is 8.75. The molecule has 0 aliphatic carbocycles. The van der Waals surface area contributed by atoms with Crippen LogP contribution in [0.5, 0.6) is 11.5 Å². The molecule has 0 spiro atoms. The Morgan fingerprint density at radius 1 is 1.21 bits per heavy atom. The highest BCUT2D eigenvalue weighted by Gasteiger charge is 2.31. The van der Waals surface area contributed by atoms with Gasteiger partial charge in [0.25, 0.3) is 0 Å². The van der Waals surface area contributed by atoms with Crippen molar-refractivity contribution in [3.05, 3.63) is 48.0 Å². The first-order chi connectivity index (χ1) is 13.3. The van der Waals surface area contributed by atoms with Gasteiger partial charge in [0.15, 0.2) is 0 Å². The molecule has 1 aliphatic heterocycles. The van der Waals surface area contributed by atoms with Gasteiger partial charge < -0.3 is 19.5 Å². The Morgan fingerprint density at radius 3 is 2.75 bits per heavy atom. The van der Waals surface area contributed by atoms with Crippen molar-refractivity contribution >= 4 is 5.91 Å². The van der Waals surface area contributed by atoms with Crippen LogP contribution >= 0.6 is 0 Å². The zero-order valence-electron chi connectivity index (χ0n) is 15.2.